The second-order valence-corrected chi connectivity index (χ2v) is 10.8. The topological polar surface area (TPSA) is 58.2 Å². The fourth-order valence-electron chi connectivity index (χ4n) is 6.63. The van der Waals surface area contributed by atoms with Crippen molar-refractivity contribution in [1.29, 1.82) is 0 Å². The molecule has 0 heterocycles. The van der Waals surface area contributed by atoms with Crippen LogP contribution in [0.4, 0.5) is 0 Å². The van der Waals surface area contributed by atoms with Crippen molar-refractivity contribution in [3.05, 3.63) is 35.4 Å². The zero-order chi connectivity index (χ0) is 21.5. The summed E-state index contributed by atoms with van der Waals surface area (Å²) < 4.78 is 0. The van der Waals surface area contributed by atoms with E-state index in [1.807, 2.05) is 39.8 Å². The van der Waals surface area contributed by atoms with Crippen LogP contribution in [0.5, 0.6) is 0 Å². The van der Waals surface area contributed by atoms with Crippen LogP contribution in [0.15, 0.2) is 24.3 Å². The maximum Gasteiger partial charge on any atom is 0.251 e. The zero-order valence-electron chi connectivity index (χ0n) is 19.0. The Morgan fingerprint density at radius 3 is 1.93 bits per heavy atom. The summed E-state index contributed by atoms with van der Waals surface area (Å²) in [7, 11) is 0. The summed E-state index contributed by atoms with van der Waals surface area (Å²) >= 11 is 0. The van der Waals surface area contributed by atoms with Gasteiger partial charge in [0, 0.05) is 11.6 Å². The lowest BCUT2D eigenvalue weighted by atomic mass is 9.48. The van der Waals surface area contributed by atoms with Gasteiger partial charge in [-0.25, -0.2) is 0 Å². The van der Waals surface area contributed by atoms with Crippen molar-refractivity contribution < 1.29 is 9.59 Å². The van der Waals surface area contributed by atoms with Gasteiger partial charge in [0.2, 0.25) is 5.91 Å². The molecule has 164 valence electrons. The minimum atomic E-state index is -0.519. The smallest absolute Gasteiger partial charge is 0.251 e. The maximum absolute atomic E-state index is 12.9. The maximum atomic E-state index is 12.9. The zero-order valence-corrected chi connectivity index (χ0v) is 19.0. The molecule has 4 aliphatic carbocycles. The fourth-order valence-corrected chi connectivity index (χ4v) is 6.63. The van der Waals surface area contributed by atoms with Crippen LogP contribution in [0.25, 0.3) is 0 Å². The summed E-state index contributed by atoms with van der Waals surface area (Å²) in [5.74, 6) is 2.51. The Balaban J connectivity index is 1.44. The van der Waals surface area contributed by atoms with Gasteiger partial charge in [-0.1, -0.05) is 32.9 Å². The highest BCUT2D eigenvalue weighted by Gasteiger charge is 2.51. The first kappa shape index (κ1) is 21.4. The minimum Gasteiger partial charge on any atom is -0.352 e. The number of nitrogens with one attached hydrogen (secondary N) is 2. The molecular formula is C26H38N2O2. The van der Waals surface area contributed by atoms with Gasteiger partial charge >= 0.3 is 0 Å². The fraction of sp³-hybridized carbons (Fsp3) is 0.692. The van der Waals surface area contributed by atoms with Gasteiger partial charge in [0.05, 0.1) is 0 Å². The molecule has 2 atom stereocenters. The molecule has 30 heavy (non-hydrogen) atoms. The lowest BCUT2D eigenvalue weighted by Gasteiger charge is -2.57. The summed E-state index contributed by atoms with van der Waals surface area (Å²) in [5.41, 5.74) is 2.42. The standard InChI is InChI=1S/C26H38N2O2/c1-5-17(4)27-25(30)23(16(2)3)28-24(29)21-6-8-22(9-7-21)26-13-18-10-19(14-26)12-20(11-18)15-26/h6-9,16-20,23H,5,10-15H2,1-4H3,(H,27,30)(H,28,29)/t17-,18?,19?,20?,23+,26?/m0/s1. The van der Waals surface area contributed by atoms with E-state index in [0.717, 1.165) is 24.2 Å². The number of hydrogen-bond donors (Lipinski definition) is 2. The predicted molar refractivity (Wildman–Crippen MR) is 120 cm³/mol. The molecule has 0 saturated heterocycles. The second kappa shape index (κ2) is 8.36. The summed E-state index contributed by atoms with van der Waals surface area (Å²) in [6, 6.07) is 7.89. The Morgan fingerprint density at radius 1 is 0.933 bits per heavy atom. The van der Waals surface area contributed by atoms with Gasteiger partial charge in [0.25, 0.3) is 5.91 Å². The van der Waals surface area contributed by atoms with E-state index in [2.05, 4.69) is 22.8 Å². The van der Waals surface area contributed by atoms with E-state index in [9.17, 15) is 9.59 Å². The van der Waals surface area contributed by atoms with Gasteiger partial charge in [-0.2, -0.15) is 0 Å². The largest absolute Gasteiger partial charge is 0.352 e. The Kier molecular flexibility index (Phi) is 5.96. The van der Waals surface area contributed by atoms with E-state index in [1.54, 1.807) is 0 Å². The van der Waals surface area contributed by atoms with E-state index in [4.69, 9.17) is 0 Å². The SMILES string of the molecule is CC[C@H](C)NC(=O)[C@H](NC(=O)c1ccc(C23CC4CC(CC(C4)C2)C3)cc1)C(C)C. The van der Waals surface area contributed by atoms with E-state index >= 15 is 0 Å². The van der Waals surface area contributed by atoms with Crippen LogP contribution in [-0.2, 0) is 10.2 Å². The first-order valence-electron chi connectivity index (χ1n) is 12.0. The molecule has 4 nitrogen and oxygen atoms in total. The lowest BCUT2D eigenvalue weighted by Crippen LogP contribution is -2.51. The number of carbonyl (C=O) groups is 2. The lowest BCUT2D eigenvalue weighted by molar-refractivity contribution is -0.124. The van der Waals surface area contributed by atoms with Crippen LogP contribution in [0.3, 0.4) is 0 Å². The first-order valence-corrected chi connectivity index (χ1v) is 12.0. The highest BCUT2D eigenvalue weighted by molar-refractivity contribution is 5.97. The molecule has 5 rings (SSSR count). The van der Waals surface area contributed by atoms with Crippen molar-refractivity contribution in [3.63, 3.8) is 0 Å². The second-order valence-electron chi connectivity index (χ2n) is 10.8. The van der Waals surface area contributed by atoms with E-state index in [1.165, 1.54) is 44.1 Å². The van der Waals surface area contributed by atoms with Crippen molar-refractivity contribution in [3.8, 4) is 0 Å². The Morgan fingerprint density at radius 2 is 1.47 bits per heavy atom. The van der Waals surface area contributed by atoms with Crippen LogP contribution < -0.4 is 10.6 Å². The summed E-state index contributed by atoms with van der Waals surface area (Å²) in [6.07, 6.45) is 9.18. The van der Waals surface area contributed by atoms with Crippen LogP contribution >= 0.6 is 0 Å². The van der Waals surface area contributed by atoms with Crippen LogP contribution in [-0.4, -0.2) is 23.9 Å². The van der Waals surface area contributed by atoms with Crippen molar-refractivity contribution >= 4 is 11.8 Å². The van der Waals surface area contributed by atoms with E-state index in [-0.39, 0.29) is 23.8 Å². The Labute approximate surface area is 181 Å². The average molecular weight is 411 g/mol. The molecule has 2 N–H and O–H groups in total. The molecule has 0 radical (unpaired) electrons. The molecule has 1 aromatic rings. The summed E-state index contributed by atoms with van der Waals surface area (Å²) in [6.45, 7) is 7.97. The first-order chi connectivity index (χ1) is 14.3. The molecule has 4 saturated carbocycles. The predicted octanol–water partition coefficient (Wildman–Crippen LogP) is 4.82. The van der Waals surface area contributed by atoms with E-state index in [0.29, 0.717) is 11.0 Å². The molecule has 4 fully saturated rings. The number of carbonyl (C=O) groups excluding carboxylic acids is 2. The molecular weight excluding hydrogens is 372 g/mol. The monoisotopic (exact) mass is 410 g/mol. The molecule has 0 spiro atoms. The van der Waals surface area contributed by atoms with Gasteiger partial charge in [-0.05, 0) is 98.7 Å². The average Bonchev–Trinajstić information content (AvgIpc) is 2.70. The van der Waals surface area contributed by atoms with Crippen molar-refractivity contribution in [2.24, 2.45) is 23.7 Å². The molecule has 4 bridgehead atoms. The third kappa shape index (κ3) is 4.15. The van der Waals surface area contributed by atoms with Crippen LogP contribution in [0.1, 0.15) is 88.6 Å². The van der Waals surface area contributed by atoms with Gasteiger partial charge in [0.1, 0.15) is 6.04 Å². The van der Waals surface area contributed by atoms with Crippen LogP contribution in [0, 0.1) is 23.7 Å². The molecule has 1 aromatic carbocycles. The molecule has 4 aliphatic rings. The highest BCUT2D eigenvalue weighted by Crippen LogP contribution is 2.60. The van der Waals surface area contributed by atoms with Crippen molar-refractivity contribution in [2.45, 2.75) is 90.1 Å². The number of benzene rings is 1. The molecule has 0 unspecified atom stereocenters. The number of amides is 2. The normalized spacial score (nSPS) is 31.4. The van der Waals surface area contributed by atoms with Crippen LogP contribution in [0.2, 0.25) is 0 Å². The van der Waals surface area contributed by atoms with Gasteiger partial charge in [-0.15, -0.1) is 0 Å². The van der Waals surface area contributed by atoms with Crippen molar-refractivity contribution in [2.75, 3.05) is 0 Å². The van der Waals surface area contributed by atoms with Gasteiger partial charge in [-0.3, -0.25) is 9.59 Å². The Hall–Kier alpha value is -1.84. The quantitative estimate of drug-likeness (QED) is 0.677. The van der Waals surface area contributed by atoms with E-state index < -0.39 is 6.04 Å². The van der Waals surface area contributed by atoms with Gasteiger partial charge < -0.3 is 10.6 Å². The van der Waals surface area contributed by atoms with Crippen molar-refractivity contribution in [1.82, 2.24) is 10.6 Å². The van der Waals surface area contributed by atoms with Gasteiger partial charge in [0.15, 0.2) is 0 Å². The molecule has 0 aromatic heterocycles. The number of hydrogen-bond acceptors (Lipinski definition) is 2. The number of rotatable bonds is 7. The third-order valence-electron chi connectivity index (χ3n) is 8.03. The highest BCUT2D eigenvalue weighted by atomic mass is 16.2. The Bertz CT molecular complexity index is 747. The third-order valence-corrected chi connectivity index (χ3v) is 8.03. The molecule has 2 amide bonds. The minimum absolute atomic E-state index is 0.0318. The molecule has 4 heteroatoms. The molecule has 0 aliphatic heterocycles. The summed E-state index contributed by atoms with van der Waals surface area (Å²) in [4.78, 5) is 25.5. The summed E-state index contributed by atoms with van der Waals surface area (Å²) in [5, 5.41) is 5.96.